The molecule has 1 saturated heterocycles. The topological polar surface area (TPSA) is 59.4 Å². The van der Waals surface area contributed by atoms with Crippen molar-refractivity contribution >= 4 is 11.6 Å². The lowest BCUT2D eigenvalue weighted by molar-refractivity contribution is -0.137. The number of nitrogens with one attached hydrogen (secondary N) is 1. The van der Waals surface area contributed by atoms with Gasteiger partial charge in [-0.2, -0.15) is 18.4 Å². The lowest BCUT2D eigenvalue weighted by atomic mass is 9.84. The molecule has 3 rings (SSSR count). The van der Waals surface area contributed by atoms with Crippen LogP contribution in [0.2, 0.25) is 0 Å². The van der Waals surface area contributed by atoms with Crippen LogP contribution in [0.4, 0.5) is 23.2 Å². The molecule has 182 valence electrons. The van der Waals surface area contributed by atoms with Crippen LogP contribution in [0.3, 0.4) is 0 Å². The minimum atomic E-state index is -4.56. The molecule has 2 fully saturated rings. The highest BCUT2D eigenvalue weighted by molar-refractivity contribution is 5.76. The number of carbonyl (C=O) groups is 1. The van der Waals surface area contributed by atoms with Crippen LogP contribution in [0.25, 0.3) is 0 Å². The summed E-state index contributed by atoms with van der Waals surface area (Å²) in [6.07, 6.45) is 2.04. The average molecular weight is 469 g/mol. The molecule has 1 aromatic carbocycles. The fraction of sp³-hybridized carbons (Fsp3) is 0.667. The quantitative estimate of drug-likeness (QED) is 0.443. The molecule has 9 heteroatoms. The number of hydrogen-bond donors (Lipinski definition) is 1. The number of halogens is 4. The first-order chi connectivity index (χ1) is 15.7. The highest BCUT2D eigenvalue weighted by Crippen LogP contribution is 2.33. The molecule has 1 N–H and O–H groups in total. The third-order valence-electron chi connectivity index (χ3n) is 6.71. The first-order valence-corrected chi connectivity index (χ1v) is 11.8. The molecule has 2 aliphatic rings. The predicted molar refractivity (Wildman–Crippen MR) is 118 cm³/mol. The number of amides is 1. The van der Waals surface area contributed by atoms with Crippen LogP contribution >= 0.6 is 0 Å². The number of benzene rings is 1. The normalized spacial score (nSPS) is 22.1. The first kappa shape index (κ1) is 25.3. The van der Waals surface area contributed by atoms with Crippen molar-refractivity contribution in [3.63, 3.8) is 0 Å². The predicted octanol–water partition coefficient (Wildman–Crippen LogP) is 4.73. The third-order valence-corrected chi connectivity index (χ3v) is 6.71. The van der Waals surface area contributed by atoms with Crippen molar-refractivity contribution in [1.29, 1.82) is 5.26 Å². The van der Waals surface area contributed by atoms with Crippen molar-refractivity contribution in [1.82, 2.24) is 10.2 Å². The van der Waals surface area contributed by atoms with Crippen LogP contribution < -0.4 is 10.2 Å². The van der Waals surface area contributed by atoms with E-state index in [0.29, 0.717) is 44.3 Å². The Hall–Kier alpha value is -2.34. The van der Waals surface area contributed by atoms with Gasteiger partial charge in [0.25, 0.3) is 0 Å². The van der Waals surface area contributed by atoms with Gasteiger partial charge in [0, 0.05) is 50.7 Å². The lowest BCUT2D eigenvalue weighted by Gasteiger charge is -2.37. The molecule has 0 atom stereocenters. The molecule has 1 aromatic rings. The van der Waals surface area contributed by atoms with E-state index in [1.165, 1.54) is 6.07 Å². The van der Waals surface area contributed by atoms with Gasteiger partial charge in [0.05, 0.1) is 11.6 Å². The number of unbranched alkanes of at least 4 members (excludes halogenated alkanes) is 1. The zero-order chi connectivity index (χ0) is 23.8. The van der Waals surface area contributed by atoms with E-state index in [1.807, 2.05) is 4.90 Å². The summed E-state index contributed by atoms with van der Waals surface area (Å²) in [4.78, 5) is 16.0. The van der Waals surface area contributed by atoms with Crippen molar-refractivity contribution in [2.75, 3.05) is 37.6 Å². The number of nitriles is 1. The summed E-state index contributed by atoms with van der Waals surface area (Å²) in [5.74, 6) is -0.212. The van der Waals surface area contributed by atoms with Crippen molar-refractivity contribution in [2.45, 2.75) is 63.6 Å². The van der Waals surface area contributed by atoms with E-state index in [4.69, 9.17) is 5.26 Å². The van der Waals surface area contributed by atoms with E-state index < -0.39 is 17.6 Å². The van der Waals surface area contributed by atoms with Gasteiger partial charge in [-0.1, -0.05) is 0 Å². The average Bonchev–Trinajstić information content (AvgIpc) is 2.78. The number of anilines is 1. The van der Waals surface area contributed by atoms with Gasteiger partial charge in [-0.25, -0.2) is 4.39 Å². The summed E-state index contributed by atoms with van der Waals surface area (Å²) in [6, 6.07) is 5.02. The zero-order valence-corrected chi connectivity index (χ0v) is 18.8. The number of hydrogen-bond acceptors (Lipinski definition) is 4. The summed E-state index contributed by atoms with van der Waals surface area (Å²) in [7, 11) is 0. The SMILES string of the molecule is N#CCCCC(=O)N[C@H]1CC[C@H](CCN2CCN(c3cc(F)cc(C(F)(F)F)c3)CC2)CC1. The van der Waals surface area contributed by atoms with Crippen LogP contribution in [0.5, 0.6) is 0 Å². The Morgan fingerprint density at radius 2 is 1.79 bits per heavy atom. The highest BCUT2D eigenvalue weighted by atomic mass is 19.4. The summed E-state index contributed by atoms with van der Waals surface area (Å²) in [6.45, 7) is 3.58. The number of rotatable bonds is 8. The molecule has 1 aliphatic carbocycles. The molecule has 0 spiro atoms. The van der Waals surface area contributed by atoms with Gasteiger partial charge in [-0.05, 0) is 69.2 Å². The van der Waals surface area contributed by atoms with Crippen LogP contribution in [0, 0.1) is 23.1 Å². The second-order valence-corrected chi connectivity index (χ2v) is 9.11. The number of piperazine rings is 1. The Morgan fingerprint density at radius 3 is 2.42 bits per heavy atom. The van der Waals surface area contributed by atoms with Gasteiger partial charge < -0.3 is 10.2 Å². The maximum absolute atomic E-state index is 13.7. The Morgan fingerprint density at radius 1 is 1.09 bits per heavy atom. The van der Waals surface area contributed by atoms with Crippen LogP contribution in [-0.4, -0.2) is 49.6 Å². The van der Waals surface area contributed by atoms with Crippen LogP contribution in [0.1, 0.15) is 56.9 Å². The maximum Gasteiger partial charge on any atom is 0.416 e. The molecule has 0 bridgehead atoms. The van der Waals surface area contributed by atoms with Crippen LogP contribution in [0.15, 0.2) is 18.2 Å². The van der Waals surface area contributed by atoms with Gasteiger partial charge in [0.15, 0.2) is 0 Å². The zero-order valence-electron chi connectivity index (χ0n) is 18.8. The van der Waals surface area contributed by atoms with E-state index in [-0.39, 0.29) is 17.6 Å². The molecular weight excluding hydrogens is 436 g/mol. The van der Waals surface area contributed by atoms with E-state index >= 15 is 0 Å². The van der Waals surface area contributed by atoms with Gasteiger partial charge in [0.1, 0.15) is 5.82 Å². The van der Waals surface area contributed by atoms with E-state index in [9.17, 15) is 22.4 Å². The highest BCUT2D eigenvalue weighted by Gasteiger charge is 2.32. The molecule has 33 heavy (non-hydrogen) atoms. The fourth-order valence-electron chi connectivity index (χ4n) is 4.74. The largest absolute Gasteiger partial charge is 0.416 e. The summed E-state index contributed by atoms with van der Waals surface area (Å²) >= 11 is 0. The molecule has 0 aromatic heterocycles. The molecular formula is C24H32F4N4O. The maximum atomic E-state index is 13.7. The molecule has 1 amide bonds. The van der Waals surface area contributed by atoms with E-state index in [2.05, 4.69) is 16.3 Å². The molecule has 0 unspecified atom stereocenters. The standard InChI is InChI=1S/C24H32F4N4O/c25-20-15-19(24(26,27)28)16-22(17-20)32-13-11-31(12-14-32)10-8-18-4-6-21(7-5-18)30-23(33)3-1-2-9-29/h15-18,21H,1-8,10-14H2,(H,30,33)/t18-,21-. The van der Waals surface area contributed by atoms with Crippen molar-refractivity contribution in [3.05, 3.63) is 29.6 Å². The number of nitrogens with zero attached hydrogens (tertiary/aromatic N) is 3. The fourth-order valence-corrected chi connectivity index (χ4v) is 4.74. The third kappa shape index (κ3) is 7.88. The summed E-state index contributed by atoms with van der Waals surface area (Å²) < 4.78 is 52.6. The number of carbonyl (C=O) groups excluding carboxylic acids is 1. The molecule has 1 saturated carbocycles. The second-order valence-electron chi connectivity index (χ2n) is 9.11. The Balaban J connectivity index is 1.36. The van der Waals surface area contributed by atoms with Gasteiger partial charge >= 0.3 is 6.18 Å². The van der Waals surface area contributed by atoms with Gasteiger partial charge in [-0.15, -0.1) is 0 Å². The molecule has 1 aliphatic heterocycles. The minimum Gasteiger partial charge on any atom is -0.369 e. The minimum absolute atomic E-state index is 0.0345. The van der Waals surface area contributed by atoms with Gasteiger partial charge in [0.2, 0.25) is 5.91 Å². The van der Waals surface area contributed by atoms with Crippen molar-refractivity contribution < 1.29 is 22.4 Å². The first-order valence-electron chi connectivity index (χ1n) is 11.8. The number of alkyl halides is 3. The van der Waals surface area contributed by atoms with E-state index in [1.54, 1.807) is 0 Å². The molecule has 5 nitrogen and oxygen atoms in total. The monoisotopic (exact) mass is 468 g/mol. The van der Waals surface area contributed by atoms with Crippen molar-refractivity contribution in [3.8, 4) is 6.07 Å². The molecule has 1 heterocycles. The van der Waals surface area contributed by atoms with Crippen LogP contribution in [-0.2, 0) is 11.0 Å². The Kier molecular flexibility index (Phi) is 8.95. The summed E-state index contributed by atoms with van der Waals surface area (Å²) in [5, 5.41) is 11.6. The van der Waals surface area contributed by atoms with Gasteiger partial charge in [-0.3, -0.25) is 9.69 Å². The lowest BCUT2D eigenvalue weighted by Crippen LogP contribution is -2.47. The molecule has 0 radical (unpaired) electrons. The smallest absolute Gasteiger partial charge is 0.369 e. The second kappa shape index (κ2) is 11.7. The summed E-state index contributed by atoms with van der Waals surface area (Å²) in [5.41, 5.74) is -0.663. The Bertz CT molecular complexity index is 823. The van der Waals surface area contributed by atoms with Crippen molar-refractivity contribution in [2.24, 2.45) is 5.92 Å². The van der Waals surface area contributed by atoms with E-state index in [0.717, 1.165) is 57.8 Å². The Labute approximate surface area is 192 Å².